The molecule has 1 aromatic carbocycles. The van der Waals surface area contributed by atoms with Gasteiger partial charge in [0.15, 0.2) is 0 Å². The van der Waals surface area contributed by atoms with Crippen molar-refractivity contribution in [3.05, 3.63) is 41.6 Å². The van der Waals surface area contributed by atoms with Crippen LogP contribution in [0.1, 0.15) is 24.2 Å². The molecule has 3 N–H and O–H groups in total. The van der Waals surface area contributed by atoms with Crippen molar-refractivity contribution in [1.29, 1.82) is 0 Å². The third-order valence-electron chi connectivity index (χ3n) is 3.10. The molecule has 0 aliphatic rings. The zero-order valence-corrected chi connectivity index (χ0v) is 11.4. The summed E-state index contributed by atoms with van der Waals surface area (Å²) in [6.45, 7) is 5.04. The third-order valence-corrected chi connectivity index (χ3v) is 3.10. The monoisotopic (exact) mass is 253 g/mol. The zero-order chi connectivity index (χ0) is 13.7. The fourth-order valence-corrected chi connectivity index (χ4v) is 2.06. The van der Waals surface area contributed by atoms with E-state index in [1.807, 2.05) is 26.0 Å². The van der Waals surface area contributed by atoms with Crippen molar-refractivity contribution < 1.29 is 0 Å². The smallest absolute Gasteiger partial charge is 0.0705 e. The summed E-state index contributed by atoms with van der Waals surface area (Å²) in [5.41, 5.74) is 9.06. The van der Waals surface area contributed by atoms with Gasteiger partial charge in [-0.3, -0.25) is 10.3 Å². The molecule has 2 aromatic rings. The predicted octanol–water partition coefficient (Wildman–Crippen LogP) is 2.16. The van der Waals surface area contributed by atoms with E-state index in [4.69, 9.17) is 5.73 Å². The molecule has 1 heterocycles. The van der Waals surface area contributed by atoms with Gasteiger partial charge < -0.3 is 5.73 Å². The average molecular weight is 253 g/mol. The Hall–Kier alpha value is -1.89. The first-order valence-corrected chi connectivity index (χ1v) is 6.45. The molecule has 0 spiro atoms. The van der Waals surface area contributed by atoms with Crippen molar-refractivity contribution in [2.24, 2.45) is 5.73 Å². The van der Waals surface area contributed by atoms with Crippen molar-refractivity contribution in [3.8, 4) is 11.8 Å². The Labute approximate surface area is 114 Å². The van der Waals surface area contributed by atoms with E-state index in [-0.39, 0.29) is 6.04 Å². The Kier molecular flexibility index (Phi) is 4.51. The van der Waals surface area contributed by atoms with Crippen LogP contribution < -0.4 is 11.1 Å². The van der Waals surface area contributed by atoms with Crippen molar-refractivity contribution in [1.82, 2.24) is 10.3 Å². The lowest BCUT2D eigenvalue weighted by molar-refractivity contribution is 0.582. The molecule has 0 amide bonds. The number of benzene rings is 1. The molecular formula is C16H19N3. The van der Waals surface area contributed by atoms with Gasteiger partial charge in [0, 0.05) is 23.7 Å². The molecule has 2 rings (SSSR count). The lowest BCUT2D eigenvalue weighted by atomic mass is 10.0. The van der Waals surface area contributed by atoms with Gasteiger partial charge in [-0.15, -0.1) is 5.92 Å². The molecule has 19 heavy (non-hydrogen) atoms. The number of aryl methyl sites for hydroxylation is 1. The van der Waals surface area contributed by atoms with Crippen molar-refractivity contribution in [3.63, 3.8) is 0 Å². The molecule has 0 radical (unpaired) electrons. The molecule has 1 aromatic heterocycles. The average Bonchev–Trinajstić information content (AvgIpc) is 2.43. The summed E-state index contributed by atoms with van der Waals surface area (Å²) in [4.78, 5) is 4.50. The number of pyridine rings is 1. The highest BCUT2D eigenvalue weighted by Gasteiger charge is 2.09. The first kappa shape index (κ1) is 13.5. The standard InChI is InChI=1S/C16H19N3/c1-3-4-9-18-16(11-17)14-7-8-15-13(10-14)6-5-12(2)19-15/h5-8,10,16,18H,9,11,17H2,1-2H3. The highest BCUT2D eigenvalue weighted by Crippen LogP contribution is 2.19. The molecule has 0 aliphatic carbocycles. The Bertz CT molecular complexity index is 623. The summed E-state index contributed by atoms with van der Waals surface area (Å²) in [7, 11) is 0. The van der Waals surface area contributed by atoms with Crippen molar-refractivity contribution in [2.75, 3.05) is 13.1 Å². The van der Waals surface area contributed by atoms with E-state index >= 15 is 0 Å². The molecule has 0 bridgehead atoms. The number of nitrogens with zero attached hydrogens (tertiary/aromatic N) is 1. The molecule has 98 valence electrons. The van der Waals surface area contributed by atoms with Crippen LogP contribution in [0.2, 0.25) is 0 Å². The van der Waals surface area contributed by atoms with E-state index in [9.17, 15) is 0 Å². The normalized spacial score (nSPS) is 11.9. The first-order valence-electron chi connectivity index (χ1n) is 6.45. The largest absolute Gasteiger partial charge is 0.329 e. The second kappa shape index (κ2) is 6.33. The quantitative estimate of drug-likeness (QED) is 0.821. The van der Waals surface area contributed by atoms with Gasteiger partial charge in [0.25, 0.3) is 0 Å². The fourth-order valence-electron chi connectivity index (χ4n) is 2.06. The van der Waals surface area contributed by atoms with Crippen LogP contribution in [0.25, 0.3) is 10.9 Å². The van der Waals surface area contributed by atoms with Gasteiger partial charge >= 0.3 is 0 Å². The van der Waals surface area contributed by atoms with Gasteiger partial charge in [0.05, 0.1) is 12.1 Å². The molecule has 3 heteroatoms. The van der Waals surface area contributed by atoms with Crippen LogP contribution in [-0.4, -0.2) is 18.1 Å². The van der Waals surface area contributed by atoms with Gasteiger partial charge in [0.1, 0.15) is 0 Å². The summed E-state index contributed by atoms with van der Waals surface area (Å²) in [5, 5.41) is 4.49. The summed E-state index contributed by atoms with van der Waals surface area (Å²) >= 11 is 0. The van der Waals surface area contributed by atoms with E-state index in [1.165, 1.54) is 5.56 Å². The predicted molar refractivity (Wildman–Crippen MR) is 79.7 cm³/mol. The van der Waals surface area contributed by atoms with E-state index < -0.39 is 0 Å². The van der Waals surface area contributed by atoms with E-state index in [2.05, 4.69) is 40.3 Å². The number of fused-ring (bicyclic) bond motifs is 1. The number of aromatic nitrogens is 1. The number of rotatable bonds is 4. The zero-order valence-electron chi connectivity index (χ0n) is 11.4. The second-order valence-corrected chi connectivity index (χ2v) is 4.50. The van der Waals surface area contributed by atoms with Gasteiger partial charge in [-0.2, -0.15) is 0 Å². The molecule has 1 atom stereocenters. The second-order valence-electron chi connectivity index (χ2n) is 4.50. The summed E-state index contributed by atoms with van der Waals surface area (Å²) in [6.07, 6.45) is 0. The number of hydrogen-bond acceptors (Lipinski definition) is 3. The molecule has 3 nitrogen and oxygen atoms in total. The van der Waals surface area contributed by atoms with Gasteiger partial charge in [-0.25, -0.2) is 0 Å². The number of nitrogens with two attached hydrogens (primary N) is 1. The topological polar surface area (TPSA) is 50.9 Å². The minimum Gasteiger partial charge on any atom is -0.329 e. The maximum absolute atomic E-state index is 5.83. The molecule has 0 saturated carbocycles. The van der Waals surface area contributed by atoms with Gasteiger partial charge in [-0.05, 0) is 37.6 Å². The highest BCUT2D eigenvalue weighted by atomic mass is 14.9. The highest BCUT2D eigenvalue weighted by molar-refractivity contribution is 5.79. The molecule has 1 unspecified atom stereocenters. The van der Waals surface area contributed by atoms with Crippen LogP contribution in [0.3, 0.4) is 0 Å². The van der Waals surface area contributed by atoms with Gasteiger partial charge in [-0.1, -0.05) is 18.1 Å². The van der Waals surface area contributed by atoms with E-state index in [0.717, 1.165) is 16.6 Å². The lowest BCUT2D eigenvalue weighted by Gasteiger charge is -2.16. The summed E-state index contributed by atoms with van der Waals surface area (Å²) in [5.74, 6) is 5.87. The van der Waals surface area contributed by atoms with Crippen molar-refractivity contribution >= 4 is 10.9 Å². The Morgan fingerprint density at radius 2 is 2.16 bits per heavy atom. The van der Waals surface area contributed by atoms with Gasteiger partial charge in [0.2, 0.25) is 0 Å². The lowest BCUT2D eigenvalue weighted by Crippen LogP contribution is -2.28. The van der Waals surface area contributed by atoms with Crippen LogP contribution in [-0.2, 0) is 0 Å². The fraction of sp³-hybridized carbons (Fsp3) is 0.312. The molecule has 0 saturated heterocycles. The van der Waals surface area contributed by atoms with Crippen LogP contribution in [0.15, 0.2) is 30.3 Å². The minimum absolute atomic E-state index is 0.131. The van der Waals surface area contributed by atoms with Crippen molar-refractivity contribution in [2.45, 2.75) is 19.9 Å². The molecule has 0 fully saturated rings. The van der Waals surface area contributed by atoms with E-state index in [1.54, 1.807) is 0 Å². The first-order chi connectivity index (χ1) is 9.24. The molecule has 0 aliphatic heterocycles. The Morgan fingerprint density at radius 1 is 1.32 bits per heavy atom. The SMILES string of the molecule is CC#CCNC(CN)c1ccc2nc(C)ccc2c1. The maximum Gasteiger partial charge on any atom is 0.0705 e. The summed E-state index contributed by atoms with van der Waals surface area (Å²) < 4.78 is 0. The summed E-state index contributed by atoms with van der Waals surface area (Å²) in [6, 6.07) is 10.5. The third kappa shape index (κ3) is 3.31. The van der Waals surface area contributed by atoms with E-state index in [0.29, 0.717) is 13.1 Å². The van der Waals surface area contributed by atoms with Crippen LogP contribution >= 0.6 is 0 Å². The minimum atomic E-state index is 0.131. The van der Waals surface area contributed by atoms with Crippen LogP contribution in [0, 0.1) is 18.8 Å². The Balaban J connectivity index is 2.27. The number of hydrogen-bond donors (Lipinski definition) is 2. The van der Waals surface area contributed by atoms with Crippen LogP contribution in [0.4, 0.5) is 0 Å². The van der Waals surface area contributed by atoms with Crippen LogP contribution in [0.5, 0.6) is 0 Å². The molecular weight excluding hydrogens is 234 g/mol. The maximum atomic E-state index is 5.83. The number of nitrogens with one attached hydrogen (secondary N) is 1. The Morgan fingerprint density at radius 3 is 2.89 bits per heavy atom.